The molecule has 0 bridgehead atoms. The van der Waals surface area contributed by atoms with Crippen LogP contribution >= 0.6 is 0 Å². The maximum Gasteiger partial charge on any atom is 1.00 e. The summed E-state index contributed by atoms with van der Waals surface area (Å²) in [5.74, 6) is -1.05. The van der Waals surface area contributed by atoms with Gasteiger partial charge in [0, 0.05) is 11.3 Å². The topological polar surface area (TPSA) is 162 Å². The fraction of sp³-hybridized carbons (Fsp3) is 0.235. The van der Waals surface area contributed by atoms with Gasteiger partial charge in [-0.3, -0.25) is 4.79 Å². The van der Waals surface area contributed by atoms with Crippen molar-refractivity contribution in [3.63, 3.8) is 0 Å². The average Bonchev–Trinajstić information content (AvgIpc) is 2.61. The fourth-order valence-electron chi connectivity index (χ4n) is 2.06. The molecular formula is C17H17NNa2O9S2. The van der Waals surface area contributed by atoms with E-state index in [1.807, 2.05) is 0 Å². The van der Waals surface area contributed by atoms with Gasteiger partial charge in [0.2, 0.25) is 0 Å². The van der Waals surface area contributed by atoms with Crippen LogP contribution in [0.5, 0.6) is 11.5 Å². The molecule has 14 heteroatoms. The molecule has 158 valence electrons. The second-order valence-electron chi connectivity index (χ2n) is 5.72. The molecule has 0 aliphatic carbocycles. The van der Waals surface area contributed by atoms with Gasteiger partial charge in [0.15, 0.2) is 0 Å². The standard InChI is InChI=1S/C17H19NO9S2.2Na/c19-17(13-1-5-15(6-2-13)26-9-11-28(20,21)22)18-14-3-7-16(8-4-14)27-10-12-29(23,24)25;;/h1-8H,9-12H2,(H,18,19)(H,20,21,22)(H,23,24,25);;/q;2*+1/p-2. The monoisotopic (exact) mass is 489 g/mol. The van der Waals surface area contributed by atoms with Crippen LogP contribution in [-0.2, 0) is 20.2 Å². The summed E-state index contributed by atoms with van der Waals surface area (Å²) in [7, 11) is -8.70. The number of hydrogen-bond donors (Lipinski definition) is 1. The zero-order valence-corrected chi connectivity index (χ0v) is 22.6. The number of rotatable bonds is 10. The summed E-state index contributed by atoms with van der Waals surface area (Å²) < 4.78 is 73.4. The molecular weight excluding hydrogens is 472 g/mol. The quantitative estimate of drug-likeness (QED) is 0.254. The van der Waals surface area contributed by atoms with Crippen molar-refractivity contribution in [1.29, 1.82) is 0 Å². The van der Waals surface area contributed by atoms with E-state index in [-0.39, 0.29) is 72.3 Å². The van der Waals surface area contributed by atoms with Crippen LogP contribution in [0.4, 0.5) is 5.69 Å². The number of anilines is 1. The Bertz CT molecular complexity index is 1040. The molecule has 1 amide bonds. The molecule has 0 aromatic heterocycles. The largest absolute Gasteiger partial charge is 1.00 e. The first-order valence-corrected chi connectivity index (χ1v) is 11.3. The molecule has 2 aromatic rings. The van der Waals surface area contributed by atoms with Crippen LogP contribution in [0, 0.1) is 0 Å². The van der Waals surface area contributed by atoms with Crippen LogP contribution in [0.25, 0.3) is 0 Å². The maximum atomic E-state index is 12.2. The van der Waals surface area contributed by atoms with Gasteiger partial charge in [-0.1, -0.05) is 0 Å². The van der Waals surface area contributed by atoms with Crippen LogP contribution in [0.3, 0.4) is 0 Å². The molecule has 0 saturated carbocycles. The number of amides is 1. The van der Waals surface area contributed by atoms with Gasteiger partial charge in [-0.25, -0.2) is 16.8 Å². The van der Waals surface area contributed by atoms with E-state index in [2.05, 4.69) is 5.32 Å². The van der Waals surface area contributed by atoms with Crippen molar-refractivity contribution >= 4 is 31.8 Å². The Balaban J connectivity index is 0.00000450. The Morgan fingerprint density at radius 1 is 0.742 bits per heavy atom. The van der Waals surface area contributed by atoms with E-state index in [9.17, 15) is 30.7 Å². The number of nitrogens with one attached hydrogen (secondary N) is 1. The first kappa shape index (κ1) is 30.3. The van der Waals surface area contributed by atoms with Crippen molar-refractivity contribution in [2.45, 2.75) is 0 Å². The van der Waals surface area contributed by atoms with E-state index in [0.29, 0.717) is 22.7 Å². The second-order valence-corrected chi connectivity index (χ2v) is 8.77. The Labute approximate surface area is 224 Å². The number of ether oxygens (including phenoxy) is 2. The van der Waals surface area contributed by atoms with E-state index >= 15 is 0 Å². The van der Waals surface area contributed by atoms with Gasteiger partial charge in [0.05, 0.1) is 31.7 Å². The van der Waals surface area contributed by atoms with Crippen molar-refractivity contribution in [2.75, 3.05) is 30.0 Å². The van der Waals surface area contributed by atoms with Gasteiger partial charge in [0.1, 0.15) is 24.7 Å². The minimum absolute atomic E-state index is 0. The van der Waals surface area contributed by atoms with Crippen LogP contribution in [0.2, 0.25) is 0 Å². The molecule has 2 rings (SSSR count). The van der Waals surface area contributed by atoms with Crippen LogP contribution in [-0.4, -0.2) is 56.6 Å². The third-order valence-electron chi connectivity index (χ3n) is 3.43. The molecule has 0 unspecified atom stereocenters. The summed E-state index contributed by atoms with van der Waals surface area (Å²) in [6.07, 6.45) is 0. The van der Waals surface area contributed by atoms with Gasteiger partial charge in [-0.2, -0.15) is 0 Å². The van der Waals surface area contributed by atoms with Crippen molar-refractivity contribution in [3.8, 4) is 11.5 Å². The molecule has 0 radical (unpaired) electrons. The van der Waals surface area contributed by atoms with E-state index in [1.165, 1.54) is 36.4 Å². The van der Waals surface area contributed by atoms with Crippen LogP contribution in [0.1, 0.15) is 10.4 Å². The smallest absolute Gasteiger partial charge is 0.748 e. The molecule has 0 spiro atoms. The van der Waals surface area contributed by atoms with Gasteiger partial charge in [-0.05, 0) is 48.5 Å². The molecule has 0 fully saturated rings. The SMILES string of the molecule is O=C(Nc1ccc(OCCS(=O)(=O)[O-])cc1)c1ccc(OCCS(=O)(=O)[O-])cc1.[Na+].[Na+]. The number of hydrogen-bond acceptors (Lipinski definition) is 9. The van der Waals surface area contributed by atoms with Crippen LogP contribution < -0.4 is 73.9 Å². The summed E-state index contributed by atoms with van der Waals surface area (Å²) in [6, 6.07) is 12.0. The average molecular weight is 489 g/mol. The van der Waals surface area contributed by atoms with E-state index in [0.717, 1.165) is 0 Å². The first-order valence-electron chi connectivity index (χ1n) is 8.16. The zero-order chi connectivity index (χ0) is 21.5. The fourth-order valence-corrected chi connectivity index (χ4v) is 2.64. The predicted octanol–water partition coefficient (Wildman–Crippen LogP) is -5.21. The predicted molar refractivity (Wildman–Crippen MR) is 101 cm³/mol. The molecule has 0 heterocycles. The van der Waals surface area contributed by atoms with Gasteiger partial charge < -0.3 is 23.9 Å². The molecule has 10 nitrogen and oxygen atoms in total. The number of benzene rings is 2. The van der Waals surface area contributed by atoms with Gasteiger partial charge in [-0.15, -0.1) is 0 Å². The summed E-state index contributed by atoms with van der Waals surface area (Å²) in [5.41, 5.74) is 0.773. The summed E-state index contributed by atoms with van der Waals surface area (Å²) in [4.78, 5) is 12.2. The van der Waals surface area contributed by atoms with Crippen molar-refractivity contribution in [2.24, 2.45) is 0 Å². The van der Waals surface area contributed by atoms with Crippen molar-refractivity contribution in [3.05, 3.63) is 54.1 Å². The Morgan fingerprint density at radius 3 is 1.52 bits per heavy atom. The third kappa shape index (κ3) is 12.8. The Hall–Kier alpha value is -0.670. The second kappa shape index (κ2) is 13.8. The molecule has 0 aliphatic rings. The molecule has 31 heavy (non-hydrogen) atoms. The molecule has 0 atom stereocenters. The Morgan fingerprint density at radius 2 is 1.13 bits per heavy atom. The molecule has 0 saturated heterocycles. The van der Waals surface area contributed by atoms with E-state index < -0.39 is 37.6 Å². The number of carbonyl (C=O) groups is 1. The zero-order valence-electron chi connectivity index (χ0n) is 16.9. The van der Waals surface area contributed by atoms with E-state index in [4.69, 9.17) is 9.47 Å². The van der Waals surface area contributed by atoms with Gasteiger partial charge >= 0.3 is 59.1 Å². The molecule has 1 N–H and O–H groups in total. The van der Waals surface area contributed by atoms with Crippen molar-refractivity contribution < 1.29 is 99.3 Å². The first-order chi connectivity index (χ1) is 13.5. The number of carbonyl (C=O) groups excluding carboxylic acids is 1. The molecule has 0 aliphatic heterocycles. The normalized spacial score (nSPS) is 10.9. The summed E-state index contributed by atoms with van der Waals surface area (Å²) in [6.45, 7) is -0.556. The maximum absolute atomic E-state index is 12.2. The Kier molecular flexibility index (Phi) is 13.5. The van der Waals surface area contributed by atoms with E-state index in [1.54, 1.807) is 12.1 Å². The summed E-state index contributed by atoms with van der Waals surface area (Å²) >= 11 is 0. The van der Waals surface area contributed by atoms with Crippen molar-refractivity contribution in [1.82, 2.24) is 0 Å². The summed E-state index contributed by atoms with van der Waals surface area (Å²) in [5, 5.41) is 2.65. The van der Waals surface area contributed by atoms with Crippen LogP contribution in [0.15, 0.2) is 48.5 Å². The minimum Gasteiger partial charge on any atom is -0.748 e. The molecule has 2 aromatic carbocycles. The van der Waals surface area contributed by atoms with Gasteiger partial charge in [0.25, 0.3) is 5.91 Å². The minimum atomic E-state index is -4.35. The third-order valence-corrected chi connectivity index (χ3v) is 4.77.